The smallest absolute Gasteiger partial charge is 0.150 e. The SMILES string of the molecule is COc1cccc(Oc2cccnc2CN)c1. The first-order valence-corrected chi connectivity index (χ1v) is 5.29. The second kappa shape index (κ2) is 5.32. The van der Waals surface area contributed by atoms with Crippen LogP contribution in [0.2, 0.25) is 0 Å². The molecular weight excluding hydrogens is 216 g/mol. The van der Waals surface area contributed by atoms with E-state index in [1.165, 1.54) is 0 Å². The van der Waals surface area contributed by atoms with Gasteiger partial charge in [-0.1, -0.05) is 6.07 Å². The van der Waals surface area contributed by atoms with E-state index in [4.69, 9.17) is 15.2 Å². The number of methoxy groups -OCH3 is 1. The summed E-state index contributed by atoms with van der Waals surface area (Å²) in [5, 5.41) is 0. The van der Waals surface area contributed by atoms with E-state index in [1.807, 2.05) is 36.4 Å². The largest absolute Gasteiger partial charge is 0.497 e. The number of hydrogen-bond donors (Lipinski definition) is 1. The minimum atomic E-state index is 0.347. The van der Waals surface area contributed by atoms with E-state index < -0.39 is 0 Å². The fourth-order valence-corrected chi connectivity index (χ4v) is 1.46. The van der Waals surface area contributed by atoms with Crippen molar-refractivity contribution in [3.63, 3.8) is 0 Å². The average Bonchev–Trinajstić information content (AvgIpc) is 2.39. The van der Waals surface area contributed by atoms with Crippen molar-refractivity contribution in [3.8, 4) is 17.2 Å². The molecule has 1 aromatic carbocycles. The molecule has 2 aromatic rings. The summed E-state index contributed by atoms with van der Waals surface area (Å²) < 4.78 is 10.8. The van der Waals surface area contributed by atoms with Crippen LogP contribution in [0.5, 0.6) is 17.2 Å². The van der Waals surface area contributed by atoms with Crippen LogP contribution in [-0.4, -0.2) is 12.1 Å². The van der Waals surface area contributed by atoms with Crippen molar-refractivity contribution in [1.29, 1.82) is 0 Å². The first-order chi connectivity index (χ1) is 8.33. The van der Waals surface area contributed by atoms with E-state index in [-0.39, 0.29) is 0 Å². The highest BCUT2D eigenvalue weighted by molar-refractivity contribution is 5.38. The molecule has 2 N–H and O–H groups in total. The Labute approximate surface area is 100 Å². The van der Waals surface area contributed by atoms with Crippen LogP contribution < -0.4 is 15.2 Å². The predicted molar refractivity (Wildman–Crippen MR) is 65.2 cm³/mol. The van der Waals surface area contributed by atoms with Crippen molar-refractivity contribution in [3.05, 3.63) is 48.3 Å². The molecule has 2 rings (SSSR count). The van der Waals surface area contributed by atoms with Crippen LogP contribution in [0.1, 0.15) is 5.69 Å². The zero-order valence-corrected chi connectivity index (χ0v) is 9.59. The zero-order chi connectivity index (χ0) is 12.1. The first-order valence-electron chi connectivity index (χ1n) is 5.29. The molecule has 1 heterocycles. The molecule has 0 bridgehead atoms. The summed E-state index contributed by atoms with van der Waals surface area (Å²) in [5.41, 5.74) is 6.32. The fraction of sp³-hybridized carbons (Fsp3) is 0.154. The highest BCUT2D eigenvalue weighted by Gasteiger charge is 2.04. The van der Waals surface area contributed by atoms with Crippen molar-refractivity contribution in [2.75, 3.05) is 7.11 Å². The van der Waals surface area contributed by atoms with Crippen molar-refractivity contribution < 1.29 is 9.47 Å². The van der Waals surface area contributed by atoms with Crippen LogP contribution >= 0.6 is 0 Å². The third-order valence-electron chi connectivity index (χ3n) is 2.31. The predicted octanol–water partition coefficient (Wildman–Crippen LogP) is 2.34. The van der Waals surface area contributed by atoms with Crippen molar-refractivity contribution in [1.82, 2.24) is 4.98 Å². The molecule has 0 saturated carbocycles. The highest BCUT2D eigenvalue weighted by atomic mass is 16.5. The lowest BCUT2D eigenvalue weighted by Crippen LogP contribution is -2.01. The van der Waals surface area contributed by atoms with Gasteiger partial charge in [-0.3, -0.25) is 4.98 Å². The van der Waals surface area contributed by atoms with Gasteiger partial charge in [0.05, 0.1) is 12.8 Å². The Morgan fingerprint density at radius 3 is 2.76 bits per heavy atom. The van der Waals surface area contributed by atoms with Gasteiger partial charge in [-0.2, -0.15) is 0 Å². The maximum Gasteiger partial charge on any atom is 0.150 e. The molecule has 88 valence electrons. The molecule has 0 aliphatic heterocycles. The van der Waals surface area contributed by atoms with Crippen LogP contribution in [0, 0.1) is 0 Å². The highest BCUT2D eigenvalue weighted by Crippen LogP contribution is 2.26. The van der Waals surface area contributed by atoms with E-state index >= 15 is 0 Å². The number of nitrogens with zero attached hydrogens (tertiary/aromatic N) is 1. The summed E-state index contributed by atoms with van der Waals surface area (Å²) in [6, 6.07) is 11.1. The molecule has 1 aromatic heterocycles. The fourth-order valence-electron chi connectivity index (χ4n) is 1.46. The van der Waals surface area contributed by atoms with Gasteiger partial charge in [0.2, 0.25) is 0 Å². The minimum absolute atomic E-state index is 0.347. The van der Waals surface area contributed by atoms with Gasteiger partial charge in [-0.25, -0.2) is 0 Å². The van der Waals surface area contributed by atoms with Crippen LogP contribution in [0.25, 0.3) is 0 Å². The number of aromatic nitrogens is 1. The Balaban J connectivity index is 2.24. The number of nitrogens with two attached hydrogens (primary N) is 1. The molecule has 17 heavy (non-hydrogen) atoms. The van der Waals surface area contributed by atoms with Crippen molar-refractivity contribution in [2.45, 2.75) is 6.54 Å². The molecule has 0 unspecified atom stereocenters. The standard InChI is InChI=1S/C13H14N2O2/c1-16-10-4-2-5-11(8-10)17-13-6-3-7-15-12(13)9-14/h2-8H,9,14H2,1H3. The van der Waals surface area contributed by atoms with Crippen LogP contribution in [0.3, 0.4) is 0 Å². The van der Waals surface area contributed by atoms with Gasteiger partial charge < -0.3 is 15.2 Å². The van der Waals surface area contributed by atoms with Gasteiger partial charge in [0.15, 0.2) is 0 Å². The van der Waals surface area contributed by atoms with Crippen molar-refractivity contribution >= 4 is 0 Å². The van der Waals surface area contributed by atoms with Gasteiger partial charge in [-0.05, 0) is 24.3 Å². The van der Waals surface area contributed by atoms with Crippen molar-refractivity contribution in [2.24, 2.45) is 5.73 Å². The van der Waals surface area contributed by atoms with Gasteiger partial charge in [0.25, 0.3) is 0 Å². The van der Waals surface area contributed by atoms with Crippen LogP contribution in [0.15, 0.2) is 42.6 Å². The molecule has 0 aliphatic rings. The lowest BCUT2D eigenvalue weighted by Gasteiger charge is -2.09. The van der Waals surface area contributed by atoms with Crippen LogP contribution in [0.4, 0.5) is 0 Å². The molecule has 0 amide bonds. The second-order valence-corrected chi connectivity index (χ2v) is 3.43. The average molecular weight is 230 g/mol. The monoisotopic (exact) mass is 230 g/mol. The Hall–Kier alpha value is -2.07. The molecule has 0 fully saturated rings. The normalized spacial score (nSPS) is 10.0. The number of rotatable bonds is 4. The summed E-state index contributed by atoms with van der Waals surface area (Å²) in [4.78, 5) is 4.15. The van der Waals surface area contributed by atoms with E-state index in [1.54, 1.807) is 13.3 Å². The van der Waals surface area contributed by atoms with Gasteiger partial charge in [-0.15, -0.1) is 0 Å². The van der Waals surface area contributed by atoms with Gasteiger partial charge in [0, 0.05) is 18.8 Å². The number of ether oxygens (including phenoxy) is 2. The Morgan fingerprint density at radius 2 is 2.00 bits per heavy atom. The zero-order valence-electron chi connectivity index (χ0n) is 9.59. The summed E-state index contributed by atoms with van der Waals surface area (Å²) in [5.74, 6) is 2.12. The maximum atomic E-state index is 5.72. The molecular formula is C13H14N2O2. The Morgan fingerprint density at radius 1 is 1.18 bits per heavy atom. The summed E-state index contributed by atoms with van der Waals surface area (Å²) in [6.07, 6.45) is 1.70. The minimum Gasteiger partial charge on any atom is -0.497 e. The Bertz CT molecular complexity index is 500. The second-order valence-electron chi connectivity index (χ2n) is 3.43. The first kappa shape index (κ1) is 11.4. The van der Waals surface area contributed by atoms with Gasteiger partial charge >= 0.3 is 0 Å². The van der Waals surface area contributed by atoms with Crippen LogP contribution in [-0.2, 0) is 6.54 Å². The molecule has 0 saturated heterocycles. The topological polar surface area (TPSA) is 57.4 Å². The van der Waals surface area contributed by atoms with E-state index in [9.17, 15) is 0 Å². The lowest BCUT2D eigenvalue weighted by atomic mass is 10.3. The summed E-state index contributed by atoms with van der Waals surface area (Å²) in [7, 11) is 1.62. The molecule has 0 radical (unpaired) electrons. The third kappa shape index (κ3) is 2.73. The maximum absolute atomic E-state index is 5.72. The number of pyridine rings is 1. The van der Waals surface area contributed by atoms with E-state index in [2.05, 4.69) is 4.98 Å². The van der Waals surface area contributed by atoms with Gasteiger partial charge in [0.1, 0.15) is 17.2 Å². The van der Waals surface area contributed by atoms with E-state index in [0.29, 0.717) is 18.0 Å². The number of benzene rings is 1. The quantitative estimate of drug-likeness (QED) is 0.875. The summed E-state index contributed by atoms with van der Waals surface area (Å²) in [6.45, 7) is 0.347. The lowest BCUT2D eigenvalue weighted by molar-refractivity contribution is 0.408. The molecule has 0 atom stereocenters. The van der Waals surface area contributed by atoms with E-state index in [0.717, 1.165) is 11.4 Å². The molecule has 0 aliphatic carbocycles. The summed E-state index contributed by atoms with van der Waals surface area (Å²) >= 11 is 0. The molecule has 4 heteroatoms. The molecule has 4 nitrogen and oxygen atoms in total. The Kier molecular flexibility index (Phi) is 3.57. The molecule has 0 spiro atoms. The third-order valence-corrected chi connectivity index (χ3v) is 2.31. The number of hydrogen-bond acceptors (Lipinski definition) is 4.